The van der Waals surface area contributed by atoms with Crippen molar-refractivity contribution in [2.45, 2.75) is 32.4 Å². The van der Waals surface area contributed by atoms with Crippen LogP contribution in [0.1, 0.15) is 32.4 Å². The third kappa shape index (κ3) is 6.43. The van der Waals surface area contributed by atoms with Gasteiger partial charge in [-0.05, 0) is 26.3 Å². The molecule has 8 heteroatoms. The smallest absolute Gasteiger partial charge is 0.408 e. The molecule has 134 valence electrons. The summed E-state index contributed by atoms with van der Waals surface area (Å²) in [4.78, 5) is 24.6. The molecule has 24 heavy (non-hydrogen) atoms. The van der Waals surface area contributed by atoms with Crippen LogP contribution in [0.3, 0.4) is 0 Å². The summed E-state index contributed by atoms with van der Waals surface area (Å²) in [7, 11) is -1.13. The molecule has 0 aliphatic rings. The van der Waals surface area contributed by atoms with Crippen molar-refractivity contribution in [3.63, 3.8) is 0 Å². The minimum Gasteiger partial charge on any atom is -0.444 e. The van der Waals surface area contributed by atoms with E-state index in [1.165, 1.54) is 14.2 Å². The topological polar surface area (TPSA) is 90.9 Å². The SMILES string of the molecule is COP(=O)(CC(=O)[C@@H](NC(=O)OC(C)(C)C)c1ccccc1)OC. The lowest BCUT2D eigenvalue weighted by Crippen LogP contribution is -2.39. The zero-order chi connectivity index (χ0) is 18.4. The Balaban J connectivity index is 3.00. The number of Topliss-reactive ketones (excluding diaryl/α,β-unsaturated/α-hetero) is 1. The lowest BCUT2D eigenvalue weighted by atomic mass is 10.0. The van der Waals surface area contributed by atoms with Crippen LogP contribution in [0, 0.1) is 0 Å². The van der Waals surface area contributed by atoms with Crippen molar-refractivity contribution in [3.8, 4) is 0 Å². The van der Waals surface area contributed by atoms with E-state index in [0.717, 1.165) is 0 Å². The predicted molar refractivity (Wildman–Crippen MR) is 90.1 cm³/mol. The second-order valence-corrected chi connectivity index (χ2v) is 8.36. The van der Waals surface area contributed by atoms with Crippen LogP contribution in [-0.4, -0.2) is 37.9 Å². The maximum Gasteiger partial charge on any atom is 0.408 e. The zero-order valence-corrected chi connectivity index (χ0v) is 15.5. The van der Waals surface area contributed by atoms with E-state index in [2.05, 4.69) is 5.32 Å². The third-order valence-electron chi connectivity index (χ3n) is 3.02. The van der Waals surface area contributed by atoms with E-state index in [0.29, 0.717) is 5.56 Å². The van der Waals surface area contributed by atoms with E-state index in [1.54, 1.807) is 51.1 Å². The van der Waals surface area contributed by atoms with Gasteiger partial charge in [0.1, 0.15) is 17.8 Å². The fourth-order valence-electron chi connectivity index (χ4n) is 1.91. The molecule has 0 fully saturated rings. The van der Waals surface area contributed by atoms with E-state index < -0.39 is 37.3 Å². The molecule has 7 nitrogen and oxygen atoms in total. The minimum absolute atomic E-state index is 0.463. The van der Waals surface area contributed by atoms with Crippen molar-refractivity contribution in [2.24, 2.45) is 0 Å². The molecule has 0 radical (unpaired) electrons. The second kappa shape index (κ2) is 8.42. The summed E-state index contributed by atoms with van der Waals surface area (Å²) in [5.74, 6) is -0.501. The lowest BCUT2D eigenvalue weighted by Gasteiger charge is -2.24. The molecule has 1 amide bonds. The molecule has 0 heterocycles. The van der Waals surface area contributed by atoms with Gasteiger partial charge in [-0.3, -0.25) is 9.36 Å². The van der Waals surface area contributed by atoms with Gasteiger partial charge in [-0.25, -0.2) is 4.79 Å². The normalized spacial score (nSPS) is 13.2. The Labute approximate surface area is 142 Å². The van der Waals surface area contributed by atoms with Crippen molar-refractivity contribution in [3.05, 3.63) is 35.9 Å². The van der Waals surface area contributed by atoms with Crippen LogP contribution in [0.4, 0.5) is 4.79 Å². The fourth-order valence-corrected chi connectivity index (χ4v) is 2.88. The number of ketones is 1. The molecule has 0 saturated heterocycles. The summed E-state index contributed by atoms with van der Waals surface area (Å²) >= 11 is 0. The standard InChI is InChI=1S/C16H24NO6P/c1-16(2,3)23-15(19)17-14(12-9-7-6-8-10-12)13(18)11-24(20,21-4)22-5/h6-10,14H,11H2,1-5H3,(H,17,19)/t14-/m0/s1. The number of carbonyl (C=O) groups excluding carboxylic acids is 2. The molecular formula is C16H24NO6P. The molecule has 1 atom stereocenters. The van der Waals surface area contributed by atoms with Gasteiger partial charge in [-0.15, -0.1) is 0 Å². The van der Waals surface area contributed by atoms with Gasteiger partial charge in [0.2, 0.25) is 0 Å². The van der Waals surface area contributed by atoms with Crippen molar-refractivity contribution in [2.75, 3.05) is 20.4 Å². The first-order chi connectivity index (χ1) is 11.1. The molecule has 0 unspecified atom stereocenters. The Bertz CT molecular complexity index is 603. The highest BCUT2D eigenvalue weighted by atomic mass is 31.2. The molecule has 0 spiro atoms. The Kier molecular flexibility index (Phi) is 7.14. The van der Waals surface area contributed by atoms with Gasteiger partial charge < -0.3 is 19.1 Å². The number of hydrogen-bond acceptors (Lipinski definition) is 6. The number of benzene rings is 1. The van der Waals surface area contributed by atoms with Crippen LogP contribution < -0.4 is 5.32 Å². The van der Waals surface area contributed by atoms with Crippen molar-refractivity contribution < 1.29 is 27.9 Å². The number of hydrogen-bond donors (Lipinski definition) is 1. The van der Waals surface area contributed by atoms with Gasteiger partial charge in [0, 0.05) is 14.2 Å². The van der Waals surface area contributed by atoms with E-state index in [9.17, 15) is 14.2 Å². The summed E-state index contributed by atoms with van der Waals surface area (Å²) < 4.78 is 27.0. The highest BCUT2D eigenvalue weighted by Crippen LogP contribution is 2.46. The van der Waals surface area contributed by atoms with Gasteiger partial charge >= 0.3 is 13.7 Å². The molecule has 0 aliphatic carbocycles. The average Bonchev–Trinajstić information content (AvgIpc) is 2.51. The second-order valence-electron chi connectivity index (χ2n) is 6.09. The molecule has 1 aromatic rings. The van der Waals surface area contributed by atoms with Crippen LogP contribution in [0.2, 0.25) is 0 Å². The lowest BCUT2D eigenvalue weighted by molar-refractivity contribution is -0.119. The first-order valence-electron chi connectivity index (χ1n) is 7.38. The number of amides is 1. The highest BCUT2D eigenvalue weighted by molar-refractivity contribution is 7.54. The number of alkyl carbamates (subject to hydrolysis) is 1. The summed E-state index contributed by atoms with van der Waals surface area (Å²) in [5.41, 5.74) is -0.157. The summed E-state index contributed by atoms with van der Waals surface area (Å²) in [6.45, 7) is 5.15. The van der Waals surface area contributed by atoms with Crippen LogP contribution in [0.5, 0.6) is 0 Å². The molecule has 0 aromatic heterocycles. The van der Waals surface area contributed by atoms with Gasteiger partial charge in [-0.1, -0.05) is 30.3 Å². The average molecular weight is 357 g/mol. The maximum atomic E-state index is 12.6. The Morgan fingerprint density at radius 3 is 2.12 bits per heavy atom. The van der Waals surface area contributed by atoms with E-state index in [1.807, 2.05) is 0 Å². The van der Waals surface area contributed by atoms with Crippen LogP contribution in [0.25, 0.3) is 0 Å². The third-order valence-corrected chi connectivity index (χ3v) is 4.83. The minimum atomic E-state index is -3.54. The molecule has 1 N–H and O–H groups in total. The van der Waals surface area contributed by atoms with Crippen LogP contribution in [0.15, 0.2) is 30.3 Å². The molecular weight excluding hydrogens is 333 g/mol. The quantitative estimate of drug-likeness (QED) is 0.753. The molecule has 0 bridgehead atoms. The van der Waals surface area contributed by atoms with Gasteiger partial charge in [0.25, 0.3) is 0 Å². The summed E-state index contributed by atoms with van der Waals surface area (Å²) in [6.07, 6.45) is -1.20. The fraction of sp³-hybridized carbons (Fsp3) is 0.500. The van der Waals surface area contributed by atoms with Gasteiger partial charge in [0.15, 0.2) is 5.78 Å². The molecule has 1 rings (SSSR count). The zero-order valence-electron chi connectivity index (χ0n) is 14.6. The largest absolute Gasteiger partial charge is 0.444 e. The molecule has 0 aliphatic heterocycles. The van der Waals surface area contributed by atoms with Crippen molar-refractivity contribution in [1.82, 2.24) is 5.32 Å². The van der Waals surface area contributed by atoms with Gasteiger partial charge in [0.05, 0.1) is 0 Å². The first-order valence-corrected chi connectivity index (χ1v) is 9.11. The summed E-state index contributed by atoms with van der Waals surface area (Å²) in [5, 5.41) is 2.52. The van der Waals surface area contributed by atoms with E-state index in [-0.39, 0.29) is 0 Å². The van der Waals surface area contributed by atoms with Crippen LogP contribution >= 0.6 is 7.60 Å². The van der Waals surface area contributed by atoms with E-state index >= 15 is 0 Å². The van der Waals surface area contributed by atoms with Crippen LogP contribution in [-0.2, 0) is 23.1 Å². The highest BCUT2D eigenvalue weighted by Gasteiger charge is 2.32. The number of ether oxygens (including phenoxy) is 1. The van der Waals surface area contributed by atoms with Gasteiger partial charge in [-0.2, -0.15) is 0 Å². The van der Waals surface area contributed by atoms with E-state index in [4.69, 9.17) is 13.8 Å². The summed E-state index contributed by atoms with van der Waals surface area (Å²) in [6, 6.07) is 7.61. The Morgan fingerprint density at radius 1 is 1.12 bits per heavy atom. The number of rotatable bonds is 7. The maximum absolute atomic E-state index is 12.6. The first kappa shape index (κ1) is 20.4. The molecule has 1 aromatic carbocycles. The monoisotopic (exact) mass is 357 g/mol. The Morgan fingerprint density at radius 2 is 1.67 bits per heavy atom. The Hall–Kier alpha value is -1.69. The van der Waals surface area contributed by atoms with Crippen molar-refractivity contribution >= 4 is 19.5 Å². The molecule has 0 saturated carbocycles. The number of carbonyl (C=O) groups is 2. The predicted octanol–water partition coefficient (Wildman–Crippen LogP) is 3.31. The number of nitrogens with one attached hydrogen (secondary N) is 1. The van der Waals surface area contributed by atoms with Crippen molar-refractivity contribution in [1.29, 1.82) is 0 Å².